The standard InChI is InChI=1S/C7H11NS2.Zn/c1-5-4-7(2,3)10-6(9)8-5;/h4H,1-3H3,(H,8,9);/q;+2. The van der Waals surface area contributed by atoms with Crippen molar-refractivity contribution in [1.29, 1.82) is 0 Å². The molecule has 0 aromatic rings. The van der Waals surface area contributed by atoms with E-state index in [4.69, 9.17) is 12.2 Å². The third kappa shape index (κ3) is 3.68. The minimum atomic E-state index is 0. The maximum Gasteiger partial charge on any atom is 2.00 e. The zero-order chi connectivity index (χ0) is 7.78. The quantitative estimate of drug-likeness (QED) is 0.514. The van der Waals surface area contributed by atoms with Crippen molar-refractivity contribution in [3.8, 4) is 0 Å². The van der Waals surface area contributed by atoms with Crippen LogP contribution in [0.2, 0.25) is 0 Å². The molecule has 1 rings (SSSR count). The molecule has 0 spiro atoms. The fourth-order valence-electron chi connectivity index (χ4n) is 1.01. The first kappa shape index (κ1) is 11.6. The summed E-state index contributed by atoms with van der Waals surface area (Å²) in [7, 11) is 0. The molecule has 0 aromatic heterocycles. The first-order chi connectivity index (χ1) is 4.49. The molecule has 1 nitrogen and oxygen atoms in total. The molecule has 0 radical (unpaired) electrons. The molecule has 0 aromatic carbocycles. The summed E-state index contributed by atoms with van der Waals surface area (Å²) in [6.07, 6.45) is 2.19. The molecule has 1 aliphatic heterocycles. The number of hydrogen-bond acceptors (Lipinski definition) is 2. The number of thioether (sulfide) groups is 1. The molecule has 11 heavy (non-hydrogen) atoms. The summed E-state index contributed by atoms with van der Waals surface area (Å²) in [5.41, 5.74) is 1.16. The molecule has 0 atom stereocenters. The zero-order valence-corrected chi connectivity index (χ0v) is 11.7. The molecule has 0 saturated heterocycles. The molecular weight excluding hydrogens is 228 g/mol. The van der Waals surface area contributed by atoms with E-state index in [9.17, 15) is 0 Å². The molecule has 1 aliphatic rings. The van der Waals surface area contributed by atoms with Gasteiger partial charge in [0.25, 0.3) is 0 Å². The Labute approximate surface area is 90.1 Å². The maximum atomic E-state index is 5.04. The van der Waals surface area contributed by atoms with Crippen molar-refractivity contribution < 1.29 is 19.5 Å². The average Bonchev–Trinajstić information content (AvgIpc) is 1.54. The molecule has 0 saturated carbocycles. The van der Waals surface area contributed by atoms with Gasteiger partial charge in [-0.1, -0.05) is 24.0 Å². The van der Waals surface area contributed by atoms with Crippen molar-refractivity contribution in [1.82, 2.24) is 5.32 Å². The Bertz CT molecular complexity index is 199. The second-order valence-electron chi connectivity index (χ2n) is 2.95. The maximum absolute atomic E-state index is 5.04. The van der Waals surface area contributed by atoms with Crippen molar-refractivity contribution in [3.05, 3.63) is 11.8 Å². The second kappa shape index (κ2) is 4.02. The van der Waals surface area contributed by atoms with E-state index in [-0.39, 0.29) is 24.2 Å². The monoisotopic (exact) mass is 237 g/mol. The van der Waals surface area contributed by atoms with E-state index >= 15 is 0 Å². The Kier molecular flexibility index (Phi) is 4.24. The number of rotatable bonds is 0. The predicted octanol–water partition coefficient (Wildman–Crippen LogP) is 2.29. The van der Waals surface area contributed by atoms with Gasteiger partial charge in [-0.25, -0.2) is 0 Å². The van der Waals surface area contributed by atoms with Crippen molar-refractivity contribution in [2.45, 2.75) is 25.5 Å². The zero-order valence-electron chi connectivity index (χ0n) is 7.10. The fourth-order valence-corrected chi connectivity index (χ4v) is 2.74. The summed E-state index contributed by atoms with van der Waals surface area (Å²) in [6.45, 7) is 6.36. The van der Waals surface area contributed by atoms with Gasteiger partial charge >= 0.3 is 19.5 Å². The molecule has 56 valence electrons. The molecule has 0 fully saturated rings. The molecule has 1 heterocycles. The largest absolute Gasteiger partial charge is 2.00 e. The van der Waals surface area contributed by atoms with E-state index in [0.29, 0.717) is 0 Å². The normalized spacial score (nSPS) is 21.4. The minimum absolute atomic E-state index is 0. The third-order valence-electron chi connectivity index (χ3n) is 1.22. The Balaban J connectivity index is 0.000001000. The summed E-state index contributed by atoms with van der Waals surface area (Å²) in [5, 5.41) is 3.09. The van der Waals surface area contributed by atoms with Crippen LogP contribution in [0.25, 0.3) is 0 Å². The second-order valence-corrected chi connectivity index (χ2v) is 5.28. The average molecular weight is 239 g/mol. The Hall–Kier alpha value is 0.603. The van der Waals surface area contributed by atoms with Gasteiger partial charge in [0.2, 0.25) is 0 Å². The van der Waals surface area contributed by atoms with Crippen LogP contribution in [0, 0.1) is 0 Å². The number of hydrogen-bond donors (Lipinski definition) is 1. The molecule has 0 unspecified atom stereocenters. The molecule has 1 N–H and O–H groups in total. The van der Waals surface area contributed by atoms with Crippen LogP contribution in [0.15, 0.2) is 11.8 Å². The fraction of sp³-hybridized carbons (Fsp3) is 0.571. The Morgan fingerprint density at radius 2 is 2.09 bits per heavy atom. The SMILES string of the molecule is CC1=CC(C)(C)SC(=S)N1.[Zn+2]. The van der Waals surface area contributed by atoms with Gasteiger partial charge in [0.05, 0.1) is 0 Å². The molecule has 4 heteroatoms. The van der Waals surface area contributed by atoms with Crippen molar-refractivity contribution in [3.63, 3.8) is 0 Å². The van der Waals surface area contributed by atoms with E-state index in [0.717, 1.165) is 10.0 Å². The van der Waals surface area contributed by atoms with Crippen LogP contribution in [0.1, 0.15) is 20.8 Å². The summed E-state index contributed by atoms with van der Waals surface area (Å²) in [6, 6.07) is 0. The van der Waals surface area contributed by atoms with Crippen molar-refractivity contribution >= 4 is 28.3 Å². The minimum Gasteiger partial charge on any atom is -0.345 e. The summed E-state index contributed by atoms with van der Waals surface area (Å²) in [5.74, 6) is 0. The van der Waals surface area contributed by atoms with E-state index in [1.165, 1.54) is 0 Å². The topological polar surface area (TPSA) is 12.0 Å². The van der Waals surface area contributed by atoms with Crippen LogP contribution in [0.5, 0.6) is 0 Å². The summed E-state index contributed by atoms with van der Waals surface area (Å²) in [4.78, 5) is 0. The summed E-state index contributed by atoms with van der Waals surface area (Å²) < 4.78 is 1.05. The van der Waals surface area contributed by atoms with Crippen LogP contribution < -0.4 is 5.32 Å². The van der Waals surface area contributed by atoms with E-state index in [2.05, 4.69) is 25.2 Å². The van der Waals surface area contributed by atoms with Gasteiger partial charge in [0.1, 0.15) is 4.32 Å². The van der Waals surface area contributed by atoms with Gasteiger partial charge in [0.15, 0.2) is 0 Å². The first-order valence-corrected chi connectivity index (χ1v) is 4.41. The van der Waals surface area contributed by atoms with Crippen molar-refractivity contribution in [2.24, 2.45) is 0 Å². The Morgan fingerprint density at radius 1 is 1.55 bits per heavy atom. The van der Waals surface area contributed by atoms with Crippen LogP contribution in [0.3, 0.4) is 0 Å². The van der Waals surface area contributed by atoms with E-state index in [1.54, 1.807) is 11.8 Å². The molecular formula is C7H11NS2Zn+2. The van der Waals surface area contributed by atoms with Gasteiger partial charge in [0, 0.05) is 10.4 Å². The van der Waals surface area contributed by atoms with Crippen molar-refractivity contribution in [2.75, 3.05) is 0 Å². The van der Waals surface area contributed by atoms with Gasteiger partial charge < -0.3 is 5.32 Å². The molecule has 0 aliphatic carbocycles. The Morgan fingerprint density at radius 3 is 2.45 bits per heavy atom. The van der Waals surface area contributed by atoms with E-state index in [1.807, 2.05) is 6.92 Å². The van der Waals surface area contributed by atoms with Crippen LogP contribution in [-0.4, -0.2) is 9.07 Å². The molecule has 0 bridgehead atoms. The third-order valence-corrected chi connectivity index (χ3v) is 2.50. The molecule has 0 amide bonds. The number of allylic oxidation sites excluding steroid dienone is 1. The predicted molar refractivity (Wildman–Crippen MR) is 51.2 cm³/mol. The van der Waals surface area contributed by atoms with E-state index < -0.39 is 0 Å². The summed E-state index contributed by atoms with van der Waals surface area (Å²) >= 11 is 6.73. The van der Waals surface area contributed by atoms with Gasteiger partial charge in [-0.3, -0.25) is 0 Å². The van der Waals surface area contributed by atoms with Gasteiger partial charge in [-0.15, -0.1) is 0 Å². The number of thiocarbonyl (C=S) groups is 1. The van der Waals surface area contributed by atoms with Crippen LogP contribution in [-0.2, 0) is 19.5 Å². The smallest absolute Gasteiger partial charge is 0.345 e. The number of nitrogens with one attached hydrogen (secondary N) is 1. The first-order valence-electron chi connectivity index (χ1n) is 3.19. The van der Waals surface area contributed by atoms with Gasteiger partial charge in [-0.05, 0) is 26.8 Å². The van der Waals surface area contributed by atoms with Crippen LogP contribution >= 0.6 is 24.0 Å². The van der Waals surface area contributed by atoms with Gasteiger partial charge in [-0.2, -0.15) is 0 Å². The van der Waals surface area contributed by atoms with Crippen LogP contribution in [0.4, 0.5) is 0 Å².